The average molecular weight is 184 g/mol. The molecule has 0 aliphatic heterocycles. The molecule has 0 radical (unpaired) electrons. The van der Waals surface area contributed by atoms with Crippen LogP contribution in [-0.4, -0.2) is 33.1 Å². The van der Waals surface area contributed by atoms with Gasteiger partial charge in [-0.3, -0.25) is 0 Å². The molecule has 0 saturated heterocycles. The number of aromatic hydroxyl groups is 2. The fourth-order valence-electron chi connectivity index (χ4n) is 1.06. The van der Waals surface area contributed by atoms with Gasteiger partial charge in [0.2, 0.25) is 0 Å². The van der Waals surface area contributed by atoms with Gasteiger partial charge in [-0.25, -0.2) is 0 Å². The third kappa shape index (κ3) is 2.34. The van der Waals surface area contributed by atoms with E-state index in [0.29, 0.717) is 5.56 Å². The first-order valence-corrected chi connectivity index (χ1v) is 3.94. The van der Waals surface area contributed by atoms with Crippen LogP contribution in [0.1, 0.15) is 5.56 Å². The molecule has 72 valence electrons. The van der Waals surface area contributed by atoms with E-state index in [9.17, 15) is 5.11 Å². The third-order valence-corrected chi connectivity index (χ3v) is 1.76. The second kappa shape index (κ2) is 4.11. The van der Waals surface area contributed by atoms with E-state index in [1.54, 1.807) is 12.1 Å². The maximum absolute atomic E-state index is 9.30. The smallest absolute Gasteiger partial charge is 0.160 e. The van der Waals surface area contributed by atoms with Crippen molar-refractivity contribution in [2.24, 2.45) is 0 Å². The van der Waals surface area contributed by atoms with E-state index in [2.05, 4.69) is 0 Å². The summed E-state index contributed by atoms with van der Waals surface area (Å²) in [5, 5.41) is 36.0. The minimum absolute atomic E-state index is 0.122. The van der Waals surface area contributed by atoms with Crippen molar-refractivity contribution in [1.82, 2.24) is 0 Å². The summed E-state index contributed by atoms with van der Waals surface area (Å²) in [5.74, 6) is -0.461. The van der Waals surface area contributed by atoms with Gasteiger partial charge in [0, 0.05) is 12.0 Å². The van der Waals surface area contributed by atoms with Gasteiger partial charge in [-0.15, -0.1) is 0 Å². The SMILES string of the molecule is OCC(O)Cc1cccc(O)c1O. The predicted molar refractivity (Wildman–Crippen MR) is 46.6 cm³/mol. The first-order chi connectivity index (χ1) is 6.15. The topological polar surface area (TPSA) is 80.9 Å². The average Bonchev–Trinajstić information content (AvgIpc) is 2.13. The molecule has 1 aromatic carbocycles. The van der Waals surface area contributed by atoms with E-state index in [1.807, 2.05) is 0 Å². The molecule has 1 rings (SSSR count). The quantitative estimate of drug-likeness (QED) is 0.498. The molecule has 0 aromatic heterocycles. The second-order valence-electron chi connectivity index (χ2n) is 2.83. The summed E-state index contributed by atoms with van der Waals surface area (Å²) in [6.07, 6.45) is -0.788. The van der Waals surface area contributed by atoms with Crippen LogP contribution in [-0.2, 0) is 6.42 Å². The monoisotopic (exact) mass is 184 g/mol. The number of hydrogen-bond donors (Lipinski definition) is 4. The van der Waals surface area contributed by atoms with Crippen molar-refractivity contribution in [3.05, 3.63) is 23.8 Å². The second-order valence-corrected chi connectivity index (χ2v) is 2.83. The minimum atomic E-state index is -0.910. The molecule has 0 aliphatic carbocycles. The first kappa shape index (κ1) is 9.83. The largest absolute Gasteiger partial charge is 0.504 e. The third-order valence-electron chi connectivity index (χ3n) is 1.76. The zero-order chi connectivity index (χ0) is 9.84. The number of hydrogen-bond acceptors (Lipinski definition) is 4. The predicted octanol–water partition coefficient (Wildman–Crippen LogP) is -0.00650. The van der Waals surface area contributed by atoms with E-state index in [-0.39, 0.29) is 24.5 Å². The summed E-state index contributed by atoms with van der Waals surface area (Å²) in [4.78, 5) is 0. The molecule has 0 saturated carbocycles. The normalized spacial score (nSPS) is 12.8. The van der Waals surface area contributed by atoms with Crippen molar-refractivity contribution in [2.75, 3.05) is 6.61 Å². The lowest BCUT2D eigenvalue weighted by Gasteiger charge is -2.09. The molecule has 1 atom stereocenters. The Balaban J connectivity index is 2.83. The summed E-state index contributed by atoms with van der Waals surface area (Å²) in [6.45, 7) is -0.366. The van der Waals surface area contributed by atoms with Crippen molar-refractivity contribution in [1.29, 1.82) is 0 Å². The van der Waals surface area contributed by atoms with Gasteiger partial charge in [-0.1, -0.05) is 12.1 Å². The lowest BCUT2D eigenvalue weighted by molar-refractivity contribution is 0.0949. The lowest BCUT2D eigenvalue weighted by Crippen LogP contribution is -2.15. The number of aliphatic hydroxyl groups excluding tert-OH is 2. The molecule has 1 unspecified atom stereocenters. The van der Waals surface area contributed by atoms with Crippen molar-refractivity contribution in [2.45, 2.75) is 12.5 Å². The molecule has 0 amide bonds. The van der Waals surface area contributed by atoms with Crippen molar-refractivity contribution < 1.29 is 20.4 Å². The maximum Gasteiger partial charge on any atom is 0.160 e. The van der Waals surface area contributed by atoms with Crippen LogP contribution in [0.2, 0.25) is 0 Å². The molecule has 0 fully saturated rings. The Morgan fingerprint density at radius 2 is 1.92 bits per heavy atom. The van der Waals surface area contributed by atoms with Gasteiger partial charge in [-0.2, -0.15) is 0 Å². The molecule has 4 heteroatoms. The van der Waals surface area contributed by atoms with E-state index >= 15 is 0 Å². The Kier molecular flexibility index (Phi) is 3.11. The highest BCUT2D eigenvalue weighted by Crippen LogP contribution is 2.28. The Labute approximate surface area is 75.7 Å². The van der Waals surface area contributed by atoms with Crippen LogP contribution < -0.4 is 0 Å². The molecule has 4 N–H and O–H groups in total. The summed E-state index contributed by atoms with van der Waals surface area (Å²) in [6, 6.07) is 4.49. The highest BCUT2D eigenvalue weighted by atomic mass is 16.3. The molecular formula is C9H12O4. The van der Waals surface area contributed by atoms with Gasteiger partial charge in [0.25, 0.3) is 0 Å². The van der Waals surface area contributed by atoms with Crippen LogP contribution in [0.3, 0.4) is 0 Å². The minimum Gasteiger partial charge on any atom is -0.504 e. The van der Waals surface area contributed by atoms with Crippen molar-refractivity contribution in [3.63, 3.8) is 0 Å². The highest BCUT2D eigenvalue weighted by molar-refractivity contribution is 5.44. The Morgan fingerprint density at radius 1 is 1.23 bits per heavy atom. The maximum atomic E-state index is 9.30. The molecule has 0 heterocycles. The summed E-state index contributed by atoms with van der Waals surface area (Å²) in [5.41, 5.74) is 0.418. The van der Waals surface area contributed by atoms with Gasteiger partial charge in [0.15, 0.2) is 11.5 Å². The number of phenolic OH excluding ortho intramolecular Hbond substituents is 2. The van der Waals surface area contributed by atoms with Gasteiger partial charge in [0.05, 0.1) is 12.7 Å². The fourth-order valence-corrected chi connectivity index (χ4v) is 1.06. The molecule has 0 bridgehead atoms. The van der Waals surface area contributed by atoms with E-state index < -0.39 is 6.10 Å². The van der Waals surface area contributed by atoms with Gasteiger partial charge in [0.1, 0.15) is 0 Å². The van der Waals surface area contributed by atoms with Crippen LogP contribution >= 0.6 is 0 Å². The zero-order valence-corrected chi connectivity index (χ0v) is 7.01. The summed E-state index contributed by atoms with van der Waals surface area (Å²) >= 11 is 0. The molecule has 0 aliphatic rings. The number of rotatable bonds is 3. The highest BCUT2D eigenvalue weighted by Gasteiger charge is 2.09. The van der Waals surface area contributed by atoms with E-state index in [0.717, 1.165) is 0 Å². The molecule has 0 spiro atoms. The molecular weight excluding hydrogens is 172 g/mol. The van der Waals surface area contributed by atoms with Crippen LogP contribution in [0.5, 0.6) is 11.5 Å². The zero-order valence-electron chi connectivity index (χ0n) is 7.01. The number of aliphatic hydroxyl groups is 2. The lowest BCUT2D eigenvalue weighted by atomic mass is 10.1. The van der Waals surface area contributed by atoms with E-state index in [4.69, 9.17) is 15.3 Å². The standard InChI is InChI=1S/C9H12O4/c10-5-7(11)4-6-2-1-3-8(12)9(6)13/h1-3,7,10-13H,4-5H2. The molecule has 1 aromatic rings. The van der Waals surface area contributed by atoms with Gasteiger partial charge in [-0.05, 0) is 6.07 Å². The number of benzene rings is 1. The van der Waals surface area contributed by atoms with Crippen LogP contribution in [0.4, 0.5) is 0 Å². The fraction of sp³-hybridized carbons (Fsp3) is 0.333. The van der Waals surface area contributed by atoms with Gasteiger partial charge < -0.3 is 20.4 Å². The Morgan fingerprint density at radius 3 is 2.54 bits per heavy atom. The first-order valence-electron chi connectivity index (χ1n) is 3.94. The van der Waals surface area contributed by atoms with Crippen molar-refractivity contribution in [3.8, 4) is 11.5 Å². The van der Waals surface area contributed by atoms with Crippen LogP contribution in [0, 0.1) is 0 Å². The molecule has 4 nitrogen and oxygen atoms in total. The van der Waals surface area contributed by atoms with Gasteiger partial charge >= 0.3 is 0 Å². The summed E-state index contributed by atoms with van der Waals surface area (Å²) in [7, 11) is 0. The Bertz CT molecular complexity index is 285. The van der Waals surface area contributed by atoms with Crippen LogP contribution in [0.15, 0.2) is 18.2 Å². The number of para-hydroxylation sites is 1. The van der Waals surface area contributed by atoms with Crippen LogP contribution in [0.25, 0.3) is 0 Å². The van der Waals surface area contributed by atoms with Crippen molar-refractivity contribution >= 4 is 0 Å². The Hall–Kier alpha value is -1.26. The number of phenols is 2. The molecule has 13 heavy (non-hydrogen) atoms. The van der Waals surface area contributed by atoms with E-state index in [1.165, 1.54) is 6.07 Å². The summed E-state index contributed by atoms with van der Waals surface area (Å²) < 4.78 is 0.